The van der Waals surface area contributed by atoms with Gasteiger partial charge in [0.2, 0.25) is 0 Å². The van der Waals surface area contributed by atoms with Crippen molar-refractivity contribution in [1.29, 1.82) is 5.26 Å². The van der Waals surface area contributed by atoms with Gasteiger partial charge in [0, 0.05) is 13.0 Å². The van der Waals surface area contributed by atoms with Crippen LogP contribution in [0.25, 0.3) is 0 Å². The van der Waals surface area contributed by atoms with Crippen molar-refractivity contribution in [3.05, 3.63) is 11.3 Å². The molecule has 0 bridgehead atoms. The summed E-state index contributed by atoms with van der Waals surface area (Å²) < 4.78 is 4.90. The normalized spacial score (nSPS) is 16.8. The van der Waals surface area contributed by atoms with Crippen molar-refractivity contribution in [2.45, 2.75) is 6.42 Å². The van der Waals surface area contributed by atoms with Crippen LogP contribution in [0.3, 0.4) is 0 Å². The molecule has 0 radical (unpaired) electrons. The van der Waals surface area contributed by atoms with E-state index in [2.05, 4.69) is 11.1 Å². The van der Waals surface area contributed by atoms with E-state index >= 15 is 0 Å². The van der Waals surface area contributed by atoms with E-state index in [4.69, 9.17) is 10.00 Å². The third-order valence-electron chi connectivity index (χ3n) is 1.35. The molecule has 0 aromatic carbocycles. The molecule has 0 aliphatic carbocycles. The molecule has 0 N–H and O–H groups in total. The molecule has 3 heteroatoms. The Labute approximate surface area is 59.6 Å². The summed E-state index contributed by atoms with van der Waals surface area (Å²) in [7, 11) is 1.55. The lowest BCUT2D eigenvalue weighted by Gasteiger charge is -2.06. The monoisotopic (exact) mass is 136 g/mol. The van der Waals surface area contributed by atoms with E-state index in [1.807, 2.05) is 0 Å². The van der Waals surface area contributed by atoms with E-state index in [9.17, 15) is 0 Å². The van der Waals surface area contributed by atoms with Crippen molar-refractivity contribution >= 4 is 6.21 Å². The number of hydrogen-bond acceptors (Lipinski definition) is 3. The minimum absolute atomic E-state index is 0.605. The van der Waals surface area contributed by atoms with Crippen LogP contribution in [0.5, 0.6) is 0 Å². The fourth-order valence-corrected chi connectivity index (χ4v) is 0.812. The van der Waals surface area contributed by atoms with E-state index in [-0.39, 0.29) is 0 Å². The molecule has 1 aliphatic rings. The second kappa shape index (κ2) is 3.02. The molecule has 0 amide bonds. The predicted octanol–water partition coefficient (Wildman–Crippen LogP) is 0.885. The van der Waals surface area contributed by atoms with Gasteiger partial charge in [0.1, 0.15) is 5.76 Å². The third kappa shape index (κ3) is 1.16. The lowest BCUT2D eigenvalue weighted by molar-refractivity contribution is 0.311. The van der Waals surface area contributed by atoms with Crippen LogP contribution in [0.15, 0.2) is 16.3 Å². The second-order valence-corrected chi connectivity index (χ2v) is 1.94. The summed E-state index contributed by atoms with van der Waals surface area (Å²) in [6.07, 6.45) is 2.30. The van der Waals surface area contributed by atoms with E-state index in [0.717, 1.165) is 0 Å². The molecule has 0 spiro atoms. The van der Waals surface area contributed by atoms with Gasteiger partial charge < -0.3 is 4.74 Å². The maximum Gasteiger partial charge on any atom is 0.150 e. The zero-order valence-electron chi connectivity index (χ0n) is 5.79. The Morgan fingerprint density at radius 2 is 2.60 bits per heavy atom. The van der Waals surface area contributed by atoms with Gasteiger partial charge in [-0.25, -0.2) is 0 Å². The summed E-state index contributed by atoms with van der Waals surface area (Å²) in [6.45, 7) is 0.704. The SMILES string of the molecule is COC1=C(C#N)CCN=C1. The first-order valence-corrected chi connectivity index (χ1v) is 3.05. The summed E-state index contributed by atoms with van der Waals surface area (Å²) in [5.74, 6) is 0.605. The molecule has 3 nitrogen and oxygen atoms in total. The van der Waals surface area contributed by atoms with Crippen molar-refractivity contribution in [1.82, 2.24) is 0 Å². The number of nitriles is 1. The highest BCUT2D eigenvalue weighted by atomic mass is 16.5. The molecular formula is C7H8N2O. The smallest absolute Gasteiger partial charge is 0.150 e. The zero-order valence-corrected chi connectivity index (χ0v) is 5.79. The molecule has 0 aromatic heterocycles. The molecule has 0 aromatic rings. The largest absolute Gasteiger partial charge is 0.494 e. The van der Waals surface area contributed by atoms with Crippen LogP contribution < -0.4 is 0 Å². The Balaban J connectivity index is 2.87. The first-order chi connectivity index (χ1) is 4.88. The van der Waals surface area contributed by atoms with Crippen LogP contribution in [0.1, 0.15) is 6.42 Å². The first-order valence-electron chi connectivity index (χ1n) is 3.05. The second-order valence-electron chi connectivity index (χ2n) is 1.94. The fraction of sp³-hybridized carbons (Fsp3) is 0.429. The molecule has 1 aliphatic heterocycles. The number of hydrogen-bond donors (Lipinski definition) is 0. The number of methoxy groups -OCH3 is 1. The Hall–Kier alpha value is -1.30. The summed E-state index contributed by atoms with van der Waals surface area (Å²) in [5.41, 5.74) is 0.692. The molecule has 10 heavy (non-hydrogen) atoms. The standard InChI is InChI=1S/C7H8N2O/c1-10-7-5-9-3-2-6(7)4-8/h5H,2-3H2,1H3. The Kier molecular flexibility index (Phi) is 2.06. The maximum atomic E-state index is 8.54. The van der Waals surface area contributed by atoms with E-state index in [1.165, 1.54) is 0 Å². The Morgan fingerprint density at radius 1 is 1.80 bits per heavy atom. The van der Waals surface area contributed by atoms with E-state index in [1.54, 1.807) is 13.3 Å². The summed E-state index contributed by atoms with van der Waals surface area (Å²) in [6, 6.07) is 2.07. The van der Waals surface area contributed by atoms with Gasteiger partial charge in [0.05, 0.1) is 25.0 Å². The average Bonchev–Trinajstić information content (AvgIpc) is 2.04. The zero-order chi connectivity index (χ0) is 7.40. The molecule has 52 valence electrons. The van der Waals surface area contributed by atoms with Gasteiger partial charge in [0.15, 0.2) is 0 Å². The van der Waals surface area contributed by atoms with Crippen molar-refractivity contribution < 1.29 is 4.74 Å². The number of nitrogens with zero attached hydrogens (tertiary/aromatic N) is 2. The summed E-state index contributed by atoms with van der Waals surface area (Å²) in [5, 5.41) is 8.54. The molecule has 0 unspecified atom stereocenters. The molecule has 0 atom stereocenters. The molecule has 1 heterocycles. The van der Waals surface area contributed by atoms with Crippen molar-refractivity contribution in [2.24, 2.45) is 4.99 Å². The molecule has 0 saturated carbocycles. The number of aliphatic imine (C=N–C) groups is 1. The van der Waals surface area contributed by atoms with Crippen LogP contribution in [0, 0.1) is 11.3 Å². The topological polar surface area (TPSA) is 45.4 Å². The minimum atomic E-state index is 0.605. The van der Waals surface area contributed by atoms with E-state index in [0.29, 0.717) is 24.3 Å². The van der Waals surface area contributed by atoms with Gasteiger partial charge >= 0.3 is 0 Å². The van der Waals surface area contributed by atoms with Gasteiger partial charge in [-0.1, -0.05) is 0 Å². The van der Waals surface area contributed by atoms with Crippen molar-refractivity contribution in [3.8, 4) is 6.07 Å². The minimum Gasteiger partial charge on any atom is -0.494 e. The van der Waals surface area contributed by atoms with Gasteiger partial charge in [0.25, 0.3) is 0 Å². The first kappa shape index (κ1) is 6.81. The van der Waals surface area contributed by atoms with Crippen LogP contribution in [-0.4, -0.2) is 19.9 Å². The lowest BCUT2D eigenvalue weighted by Crippen LogP contribution is -2.02. The van der Waals surface area contributed by atoms with Gasteiger partial charge in [-0.05, 0) is 0 Å². The number of ether oxygens (including phenoxy) is 1. The van der Waals surface area contributed by atoms with Gasteiger partial charge in [-0.2, -0.15) is 5.26 Å². The lowest BCUT2D eigenvalue weighted by atomic mass is 10.1. The predicted molar refractivity (Wildman–Crippen MR) is 37.6 cm³/mol. The van der Waals surface area contributed by atoms with Crippen LogP contribution >= 0.6 is 0 Å². The molecule has 0 saturated heterocycles. The highest BCUT2D eigenvalue weighted by Crippen LogP contribution is 2.10. The summed E-state index contributed by atoms with van der Waals surface area (Å²) >= 11 is 0. The number of rotatable bonds is 1. The molecular weight excluding hydrogens is 128 g/mol. The maximum absolute atomic E-state index is 8.54. The third-order valence-corrected chi connectivity index (χ3v) is 1.35. The highest BCUT2D eigenvalue weighted by Gasteiger charge is 2.07. The number of allylic oxidation sites excluding steroid dienone is 1. The van der Waals surface area contributed by atoms with Crippen molar-refractivity contribution in [2.75, 3.05) is 13.7 Å². The Bertz CT molecular complexity index is 222. The fourth-order valence-electron chi connectivity index (χ4n) is 0.812. The van der Waals surface area contributed by atoms with Crippen LogP contribution in [0.2, 0.25) is 0 Å². The Morgan fingerprint density at radius 3 is 3.10 bits per heavy atom. The van der Waals surface area contributed by atoms with Crippen LogP contribution in [0.4, 0.5) is 0 Å². The van der Waals surface area contributed by atoms with Crippen molar-refractivity contribution in [3.63, 3.8) is 0 Å². The quantitative estimate of drug-likeness (QED) is 0.537. The van der Waals surface area contributed by atoms with E-state index < -0.39 is 0 Å². The van der Waals surface area contributed by atoms with Gasteiger partial charge in [-0.3, -0.25) is 4.99 Å². The van der Waals surface area contributed by atoms with Crippen LogP contribution in [-0.2, 0) is 4.74 Å². The highest BCUT2D eigenvalue weighted by molar-refractivity contribution is 5.79. The number of dihydropyridines is 1. The molecule has 1 rings (SSSR count). The van der Waals surface area contributed by atoms with Gasteiger partial charge in [-0.15, -0.1) is 0 Å². The average molecular weight is 136 g/mol. The summed E-state index contributed by atoms with van der Waals surface area (Å²) in [4.78, 5) is 3.97. The molecule has 0 fully saturated rings.